The van der Waals surface area contributed by atoms with E-state index in [-0.39, 0.29) is 30.1 Å². The molecule has 0 radical (unpaired) electrons. The molecule has 7 nitrogen and oxygen atoms in total. The number of halogens is 1. The van der Waals surface area contributed by atoms with Gasteiger partial charge in [0.1, 0.15) is 11.9 Å². The molecule has 1 N–H and O–H groups in total. The molecule has 2 aromatic rings. The number of nitrogens with one attached hydrogen (secondary N) is 1. The highest BCUT2D eigenvalue weighted by atomic mass is 127. The van der Waals surface area contributed by atoms with Crippen LogP contribution in [0.15, 0.2) is 41.7 Å². The van der Waals surface area contributed by atoms with Crippen LogP contribution in [-0.4, -0.2) is 60.5 Å². The maximum Gasteiger partial charge on any atom is 0.193 e. The number of aromatic nitrogens is 2. The maximum atomic E-state index is 5.93. The van der Waals surface area contributed by atoms with Crippen molar-refractivity contribution in [1.82, 2.24) is 20.0 Å². The molecule has 0 spiro atoms. The van der Waals surface area contributed by atoms with E-state index in [0.717, 1.165) is 56.4 Å². The van der Waals surface area contributed by atoms with Crippen LogP contribution in [0.1, 0.15) is 30.6 Å². The average Bonchev–Trinajstić information content (AvgIpc) is 3.16. The Labute approximate surface area is 190 Å². The van der Waals surface area contributed by atoms with Gasteiger partial charge in [0, 0.05) is 38.9 Å². The molecule has 0 amide bonds. The lowest BCUT2D eigenvalue weighted by Crippen LogP contribution is -2.48. The highest BCUT2D eigenvalue weighted by molar-refractivity contribution is 14.0. The fourth-order valence-electron chi connectivity index (χ4n) is 3.31. The molecular formula is C21H32IN5O2. The Morgan fingerprint density at radius 2 is 2.28 bits per heavy atom. The third-order valence-electron chi connectivity index (χ3n) is 4.74. The molecule has 0 bridgehead atoms. The van der Waals surface area contributed by atoms with Crippen molar-refractivity contribution >= 4 is 29.9 Å². The predicted molar refractivity (Wildman–Crippen MR) is 126 cm³/mol. The minimum Gasteiger partial charge on any atom is -0.494 e. The van der Waals surface area contributed by atoms with Gasteiger partial charge in [-0.15, -0.1) is 24.0 Å². The van der Waals surface area contributed by atoms with Crippen LogP contribution >= 0.6 is 24.0 Å². The molecular weight excluding hydrogens is 481 g/mol. The Morgan fingerprint density at radius 3 is 3.00 bits per heavy atom. The molecule has 8 heteroatoms. The van der Waals surface area contributed by atoms with Crippen LogP contribution in [0.5, 0.6) is 5.75 Å². The molecule has 0 saturated carbocycles. The molecule has 0 aliphatic carbocycles. The summed E-state index contributed by atoms with van der Waals surface area (Å²) in [5.74, 6) is 1.85. The molecule has 160 valence electrons. The van der Waals surface area contributed by atoms with E-state index in [1.165, 1.54) is 5.56 Å². The van der Waals surface area contributed by atoms with Gasteiger partial charge in [-0.25, -0.2) is 0 Å². The molecule has 3 rings (SSSR count). The average molecular weight is 513 g/mol. The van der Waals surface area contributed by atoms with Gasteiger partial charge in [-0.2, -0.15) is 5.10 Å². The van der Waals surface area contributed by atoms with Crippen molar-refractivity contribution in [2.24, 2.45) is 12.0 Å². The van der Waals surface area contributed by atoms with Gasteiger partial charge in [0.2, 0.25) is 0 Å². The molecule has 1 aromatic heterocycles. The second-order valence-corrected chi connectivity index (χ2v) is 6.97. The van der Waals surface area contributed by atoms with E-state index in [4.69, 9.17) is 9.47 Å². The van der Waals surface area contributed by atoms with Crippen LogP contribution in [0.25, 0.3) is 0 Å². The van der Waals surface area contributed by atoms with E-state index < -0.39 is 0 Å². The standard InChI is InChI=1S/C21H31N5O2.HI/c1-4-11-27-19-7-5-6-17(13-19)8-9-23-21(22-2)26-10-12-28-20(16-26)18-14-24-25(3)15-18;/h5-7,13-15,20H,4,8-12,16H2,1-3H3,(H,22,23);1H. The van der Waals surface area contributed by atoms with Crippen molar-refractivity contribution in [3.05, 3.63) is 47.8 Å². The quantitative estimate of drug-likeness (QED) is 0.351. The van der Waals surface area contributed by atoms with Crippen LogP contribution in [0, 0.1) is 0 Å². The van der Waals surface area contributed by atoms with E-state index in [1.807, 2.05) is 37.2 Å². The van der Waals surface area contributed by atoms with Gasteiger partial charge in [-0.3, -0.25) is 9.67 Å². The lowest BCUT2D eigenvalue weighted by atomic mass is 10.1. The Bertz CT molecular complexity index is 780. The third kappa shape index (κ3) is 6.88. The second kappa shape index (κ2) is 12.0. The van der Waals surface area contributed by atoms with Gasteiger partial charge in [0.15, 0.2) is 5.96 Å². The molecule has 1 aliphatic heterocycles. The van der Waals surface area contributed by atoms with Gasteiger partial charge < -0.3 is 19.7 Å². The molecule has 29 heavy (non-hydrogen) atoms. The van der Waals surface area contributed by atoms with Crippen LogP contribution < -0.4 is 10.1 Å². The molecule has 1 fully saturated rings. The summed E-state index contributed by atoms with van der Waals surface area (Å²) in [6, 6.07) is 8.32. The number of hydrogen-bond donors (Lipinski definition) is 1. The fourth-order valence-corrected chi connectivity index (χ4v) is 3.31. The topological polar surface area (TPSA) is 63.9 Å². The van der Waals surface area contributed by atoms with Crippen molar-refractivity contribution < 1.29 is 9.47 Å². The lowest BCUT2D eigenvalue weighted by Gasteiger charge is -2.34. The van der Waals surface area contributed by atoms with Crippen LogP contribution in [0.4, 0.5) is 0 Å². The zero-order valence-electron chi connectivity index (χ0n) is 17.5. The molecule has 1 saturated heterocycles. The monoisotopic (exact) mass is 513 g/mol. The summed E-state index contributed by atoms with van der Waals surface area (Å²) in [7, 11) is 3.75. The molecule has 2 heterocycles. The van der Waals surface area contributed by atoms with Crippen molar-refractivity contribution in [3.63, 3.8) is 0 Å². The number of nitrogens with zero attached hydrogens (tertiary/aromatic N) is 4. The van der Waals surface area contributed by atoms with Crippen LogP contribution in [0.3, 0.4) is 0 Å². The molecule has 1 atom stereocenters. The summed E-state index contributed by atoms with van der Waals surface area (Å²) in [5, 5.41) is 7.74. The van der Waals surface area contributed by atoms with Crippen molar-refractivity contribution in [3.8, 4) is 5.75 Å². The molecule has 1 unspecified atom stereocenters. The van der Waals surface area contributed by atoms with E-state index in [1.54, 1.807) is 0 Å². The highest BCUT2D eigenvalue weighted by Crippen LogP contribution is 2.21. The summed E-state index contributed by atoms with van der Waals surface area (Å²) in [4.78, 5) is 6.72. The zero-order valence-corrected chi connectivity index (χ0v) is 19.8. The van der Waals surface area contributed by atoms with Crippen molar-refractivity contribution in [1.29, 1.82) is 0 Å². The normalized spacial score (nSPS) is 17.0. The minimum absolute atomic E-state index is 0. The van der Waals surface area contributed by atoms with Crippen LogP contribution in [0.2, 0.25) is 0 Å². The summed E-state index contributed by atoms with van der Waals surface area (Å²) >= 11 is 0. The number of hydrogen-bond acceptors (Lipinski definition) is 4. The van der Waals surface area contributed by atoms with Crippen LogP contribution in [-0.2, 0) is 18.2 Å². The SMILES string of the molecule is CCCOc1cccc(CCNC(=NC)N2CCOC(c3cnn(C)c3)C2)c1.I. The minimum atomic E-state index is 0. The van der Waals surface area contributed by atoms with E-state index >= 15 is 0 Å². The van der Waals surface area contributed by atoms with E-state index in [0.29, 0.717) is 6.61 Å². The predicted octanol–water partition coefficient (Wildman–Crippen LogP) is 3.02. The smallest absolute Gasteiger partial charge is 0.193 e. The first-order valence-corrected chi connectivity index (χ1v) is 9.97. The third-order valence-corrected chi connectivity index (χ3v) is 4.74. The number of morpholine rings is 1. The van der Waals surface area contributed by atoms with E-state index in [2.05, 4.69) is 45.4 Å². The van der Waals surface area contributed by atoms with E-state index in [9.17, 15) is 0 Å². The first kappa shape index (κ1) is 23.5. The van der Waals surface area contributed by atoms with Gasteiger partial charge in [0.25, 0.3) is 0 Å². The maximum absolute atomic E-state index is 5.93. The van der Waals surface area contributed by atoms with Gasteiger partial charge in [0.05, 0.1) is 26.0 Å². The summed E-state index contributed by atoms with van der Waals surface area (Å²) in [5.41, 5.74) is 2.36. The van der Waals surface area contributed by atoms with Gasteiger partial charge in [-0.05, 0) is 30.5 Å². The number of aryl methyl sites for hydroxylation is 1. The summed E-state index contributed by atoms with van der Waals surface area (Å²) in [6.45, 7) is 5.96. The Morgan fingerprint density at radius 1 is 1.41 bits per heavy atom. The second-order valence-electron chi connectivity index (χ2n) is 6.97. The summed E-state index contributed by atoms with van der Waals surface area (Å²) < 4.78 is 13.5. The number of rotatable bonds is 7. The number of ether oxygens (including phenoxy) is 2. The fraction of sp³-hybridized carbons (Fsp3) is 0.524. The highest BCUT2D eigenvalue weighted by Gasteiger charge is 2.25. The lowest BCUT2D eigenvalue weighted by molar-refractivity contribution is -0.00800. The number of aliphatic imine (C=N–C) groups is 1. The Kier molecular flexibility index (Phi) is 9.72. The van der Waals surface area contributed by atoms with Crippen molar-refractivity contribution in [2.75, 3.05) is 39.9 Å². The molecule has 1 aliphatic rings. The van der Waals surface area contributed by atoms with Gasteiger partial charge in [-0.1, -0.05) is 19.1 Å². The molecule has 1 aromatic carbocycles. The first-order chi connectivity index (χ1) is 13.7. The van der Waals surface area contributed by atoms with Gasteiger partial charge >= 0.3 is 0 Å². The summed E-state index contributed by atoms with van der Waals surface area (Å²) in [6.07, 6.45) is 5.84. The zero-order chi connectivity index (χ0) is 19.8. The number of guanidine groups is 1. The largest absolute Gasteiger partial charge is 0.494 e. The Balaban J connectivity index is 0.00000300. The van der Waals surface area contributed by atoms with Crippen molar-refractivity contribution in [2.45, 2.75) is 25.9 Å². The Hall–Kier alpha value is -1.81. The first-order valence-electron chi connectivity index (χ1n) is 9.97. The number of benzene rings is 1.